The molecule has 2 aromatic heterocycles. The Hall–Kier alpha value is -7.95. The number of nitrogens with zero attached hydrogens (tertiary/aromatic N) is 4. The molecule has 11 aromatic rings. The van der Waals surface area contributed by atoms with E-state index in [1.807, 2.05) is 6.07 Å². The zero-order chi connectivity index (χ0) is 39.1. The van der Waals surface area contributed by atoms with Gasteiger partial charge in [-0.1, -0.05) is 188 Å². The van der Waals surface area contributed by atoms with Crippen molar-refractivity contribution >= 4 is 32.6 Å². The molecule has 11 rings (SSSR count). The Bertz CT molecular complexity index is 3300. The van der Waals surface area contributed by atoms with Crippen LogP contribution in [0.3, 0.4) is 0 Å². The van der Waals surface area contributed by atoms with Crippen molar-refractivity contribution in [1.82, 2.24) is 19.5 Å². The van der Waals surface area contributed by atoms with Crippen LogP contribution in [0.15, 0.2) is 218 Å². The molecule has 59 heavy (non-hydrogen) atoms. The van der Waals surface area contributed by atoms with Gasteiger partial charge in [-0.25, -0.2) is 15.0 Å². The molecule has 0 aliphatic carbocycles. The zero-order valence-corrected chi connectivity index (χ0v) is 32.1. The predicted molar refractivity (Wildman–Crippen MR) is 244 cm³/mol. The van der Waals surface area contributed by atoms with Crippen LogP contribution >= 0.6 is 0 Å². The minimum absolute atomic E-state index is 0.630. The summed E-state index contributed by atoms with van der Waals surface area (Å²) in [6, 6.07) is 77.1. The lowest BCUT2D eigenvalue weighted by Gasteiger charge is -2.12. The van der Waals surface area contributed by atoms with Crippen LogP contribution in [0.5, 0.6) is 0 Å². The number of aromatic nitrogens is 4. The van der Waals surface area contributed by atoms with Crippen LogP contribution in [0.1, 0.15) is 0 Å². The summed E-state index contributed by atoms with van der Waals surface area (Å²) >= 11 is 0. The van der Waals surface area contributed by atoms with Gasteiger partial charge in [-0.3, -0.25) is 0 Å². The zero-order valence-electron chi connectivity index (χ0n) is 32.1. The molecule has 0 N–H and O–H groups in total. The van der Waals surface area contributed by atoms with Crippen LogP contribution in [0.2, 0.25) is 0 Å². The molecule has 0 atom stereocenters. The van der Waals surface area contributed by atoms with Crippen LogP contribution < -0.4 is 0 Å². The van der Waals surface area contributed by atoms with Crippen LogP contribution in [0, 0.1) is 0 Å². The summed E-state index contributed by atoms with van der Waals surface area (Å²) in [4.78, 5) is 15.2. The van der Waals surface area contributed by atoms with E-state index in [9.17, 15) is 0 Å². The minimum atomic E-state index is 0.630. The second-order valence-corrected chi connectivity index (χ2v) is 14.9. The van der Waals surface area contributed by atoms with Gasteiger partial charge in [0.25, 0.3) is 0 Å². The molecule has 0 aliphatic heterocycles. The van der Waals surface area contributed by atoms with Crippen molar-refractivity contribution in [3.8, 4) is 73.2 Å². The van der Waals surface area contributed by atoms with E-state index in [4.69, 9.17) is 15.0 Å². The average Bonchev–Trinajstić information content (AvgIpc) is 3.65. The van der Waals surface area contributed by atoms with E-state index < -0.39 is 0 Å². The summed E-state index contributed by atoms with van der Waals surface area (Å²) in [5.74, 6) is 1.91. The molecule has 0 spiro atoms. The number of para-hydroxylation sites is 1. The fourth-order valence-corrected chi connectivity index (χ4v) is 8.23. The van der Waals surface area contributed by atoms with Crippen LogP contribution in [0.25, 0.3) is 106 Å². The van der Waals surface area contributed by atoms with Crippen molar-refractivity contribution < 1.29 is 0 Å². The highest BCUT2D eigenvalue weighted by Gasteiger charge is 2.16. The summed E-state index contributed by atoms with van der Waals surface area (Å²) in [6.45, 7) is 0. The molecule has 276 valence electrons. The molecule has 0 unspecified atom stereocenters. The van der Waals surface area contributed by atoms with E-state index in [0.29, 0.717) is 17.5 Å². The van der Waals surface area contributed by atoms with Crippen LogP contribution in [0.4, 0.5) is 0 Å². The molecule has 0 amide bonds. The highest BCUT2D eigenvalue weighted by atomic mass is 15.0. The summed E-state index contributed by atoms with van der Waals surface area (Å²) in [5.41, 5.74) is 13.2. The van der Waals surface area contributed by atoms with Gasteiger partial charge in [-0.15, -0.1) is 0 Å². The second kappa shape index (κ2) is 14.5. The molecular weight excluding hydrogens is 717 g/mol. The summed E-state index contributed by atoms with van der Waals surface area (Å²) in [6.07, 6.45) is 0. The van der Waals surface area contributed by atoms with E-state index in [-0.39, 0.29) is 0 Å². The second-order valence-electron chi connectivity index (χ2n) is 14.9. The molecule has 4 nitrogen and oxygen atoms in total. The van der Waals surface area contributed by atoms with Crippen molar-refractivity contribution in [3.05, 3.63) is 218 Å². The van der Waals surface area contributed by atoms with Gasteiger partial charge in [0.2, 0.25) is 0 Å². The van der Waals surface area contributed by atoms with Crippen LogP contribution in [-0.2, 0) is 0 Å². The molecule has 4 heteroatoms. The maximum Gasteiger partial charge on any atom is 0.164 e. The Labute approximate surface area is 342 Å². The van der Waals surface area contributed by atoms with E-state index >= 15 is 0 Å². The highest BCUT2D eigenvalue weighted by Crippen LogP contribution is 2.36. The van der Waals surface area contributed by atoms with Gasteiger partial charge in [-0.05, 0) is 74.5 Å². The van der Waals surface area contributed by atoms with Crippen molar-refractivity contribution in [1.29, 1.82) is 0 Å². The monoisotopic (exact) mass is 752 g/mol. The predicted octanol–water partition coefficient (Wildman–Crippen LogP) is 14.1. The third-order valence-electron chi connectivity index (χ3n) is 11.3. The molecule has 0 bridgehead atoms. The quantitative estimate of drug-likeness (QED) is 0.163. The van der Waals surface area contributed by atoms with Crippen molar-refractivity contribution in [3.63, 3.8) is 0 Å². The van der Waals surface area contributed by atoms with Gasteiger partial charge in [0.05, 0.1) is 11.0 Å². The maximum absolute atomic E-state index is 5.08. The SMILES string of the molecule is c1ccc(-c2ccc(-c3nc(-c4ccc(-c5cccc(-n6c7ccccc7c7ccc(-c8ccccc8)cc76)c5)cc4)nc(-c4ccc5ccccc5c4)n3)cc2)cc1. The molecule has 9 aromatic carbocycles. The number of fused-ring (bicyclic) bond motifs is 4. The molecule has 0 saturated heterocycles. The van der Waals surface area contributed by atoms with E-state index in [1.165, 1.54) is 43.9 Å². The Balaban J connectivity index is 0.978. The maximum atomic E-state index is 5.08. The third-order valence-corrected chi connectivity index (χ3v) is 11.3. The Morgan fingerprint density at radius 1 is 0.254 bits per heavy atom. The molecule has 0 fully saturated rings. The first-order chi connectivity index (χ1) is 29.2. The van der Waals surface area contributed by atoms with E-state index in [2.05, 4.69) is 217 Å². The average molecular weight is 753 g/mol. The number of rotatable bonds is 7. The van der Waals surface area contributed by atoms with Crippen molar-refractivity contribution in [2.45, 2.75) is 0 Å². The standard InChI is InChI=1S/C55H36N4/c1-3-12-37(13-4-1)40-22-27-42(28-23-40)53-56-54(58-55(57-53)47-31-26-39-16-7-8-17-44(39)34-47)43-29-24-41(25-30-43)45-18-11-19-48(35-45)59-51-21-10-9-20-49(51)50-33-32-46(36-52(50)59)38-14-5-2-6-15-38/h1-36H. The Morgan fingerprint density at radius 2 is 0.712 bits per heavy atom. The van der Waals surface area contributed by atoms with Gasteiger partial charge < -0.3 is 4.57 Å². The normalized spacial score (nSPS) is 11.4. The van der Waals surface area contributed by atoms with Gasteiger partial charge in [0.1, 0.15) is 0 Å². The largest absolute Gasteiger partial charge is 0.309 e. The number of hydrogen-bond donors (Lipinski definition) is 0. The lowest BCUT2D eigenvalue weighted by atomic mass is 10.0. The fraction of sp³-hybridized carbons (Fsp3) is 0. The van der Waals surface area contributed by atoms with E-state index in [0.717, 1.165) is 44.5 Å². The third kappa shape index (κ3) is 6.43. The first-order valence-electron chi connectivity index (χ1n) is 19.9. The van der Waals surface area contributed by atoms with Gasteiger partial charge in [0.15, 0.2) is 17.5 Å². The number of hydrogen-bond acceptors (Lipinski definition) is 3. The summed E-state index contributed by atoms with van der Waals surface area (Å²) in [5, 5.41) is 4.80. The summed E-state index contributed by atoms with van der Waals surface area (Å²) < 4.78 is 2.39. The highest BCUT2D eigenvalue weighted by molar-refractivity contribution is 6.10. The van der Waals surface area contributed by atoms with Gasteiger partial charge in [-0.2, -0.15) is 0 Å². The number of benzene rings is 9. The lowest BCUT2D eigenvalue weighted by Crippen LogP contribution is -2.00. The van der Waals surface area contributed by atoms with Crippen molar-refractivity contribution in [2.24, 2.45) is 0 Å². The van der Waals surface area contributed by atoms with Gasteiger partial charge >= 0.3 is 0 Å². The molecular formula is C55H36N4. The lowest BCUT2D eigenvalue weighted by molar-refractivity contribution is 1.07. The fourth-order valence-electron chi connectivity index (χ4n) is 8.23. The van der Waals surface area contributed by atoms with Crippen molar-refractivity contribution in [2.75, 3.05) is 0 Å². The van der Waals surface area contributed by atoms with E-state index in [1.54, 1.807) is 0 Å². The summed E-state index contributed by atoms with van der Waals surface area (Å²) in [7, 11) is 0. The molecule has 2 heterocycles. The molecule has 0 radical (unpaired) electrons. The molecule has 0 aliphatic rings. The van der Waals surface area contributed by atoms with Gasteiger partial charge in [0, 0.05) is 33.2 Å². The Kier molecular flexibility index (Phi) is 8.45. The topological polar surface area (TPSA) is 43.6 Å². The first kappa shape index (κ1) is 34.3. The van der Waals surface area contributed by atoms with Crippen LogP contribution in [-0.4, -0.2) is 19.5 Å². The minimum Gasteiger partial charge on any atom is -0.309 e. The smallest absolute Gasteiger partial charge is 0.164 e. The first-order valence-corrected chi connectivity index (χ1v) is 19.9. The molecule has 0 saturated carbocycles. The Morgan fingerprint density at radius 3 is 1.41 bits per heavy atom.